The molecule has 0 aromatic heterocycles. The molecule has 2 rings (SSSR count). The molecule has 3 amide bonds. The molecular weight excluding hydrogens is 268 g/mol. The second-order valence-electron chi connectivity index (χ2n) is 4.31. The molecule has 6 heteroatoms. The molecule has 0 spiro atoms. The van der Waals surface area contributed by atoms with E-state index in [1.807, 2.05) is 0 Å². The number of imide groups is 1. The quantitative estimate of drug-likeness (QED) is 0.649. The highest BCUT2D eigenvalue weighted by Gasteiger charge is 2.27. The minimum atomic E-state index is -0.310. The Labute approximate surface area is 115 Å². The van der Waals surface area contributed by atoms with Gasteiger partial charge in [-0.3, -0.25) is 19.7 Å². The van der Waals surface area contributed by atoms with Crippen molar-refractivity contribution in [3.05, 3.63) is 29.8 Å². The smallest absolute Gasteiger partial charge is 0.239 e. The Kier molecular flexibility index (Phi) is 4.16. The maximum Gasteiger partial charge on any atom is 0.239 e. The fraction of sp³-hybridized carbons (Fsp3) is 0.308. The largest absolute Gasteiger partial charge is 0.325 e. The van der Waals surface area contributed by atoms with Crippen molar-refractivity contribution in [3.63, 3.8) is 0 Å². The Hall–Kier alpha value is -1.88. The number of hydrogen-bond acceptors (Lipinski definition) is 3. The standard InChI is InChI=1S/C13H13ClN2O3/c14-7-12(18)15-9-3-1-8(2-4-9)10-5-6-11(17)16-13(10)19/h1-4,10H,5-7H2,(H,15,18)(H,16,17,19). The molecule has 1 unspecified atom stereocenters. The molecule has 0 saturated carbocycles. The fourth-order valence-electron chi connectivity index (χ4n) is 2.00. The number of hydrogen-bond donors (Lipinski definition) is 2. The number of benzene rings is 1. The summed E-state index contributed by atoms with van der Waals surface area (Å²) in [5.41, 5.74) is 1.45. The van der Waals surface area contributed by atoms with Crippen LogP contribution < -0.4 is 10.6 Å². The summed E-state index contributed by atoms with van der Waals surface area (Å²) >= 11 is 5.39. The molecule has 1 atom stereocenters. The number of amides is 3. The lowest BCUT2D eigenvalue weighted by Crippen LogP contribution is -2.39. The SMILES string of the molecule is O=C1CCC(c2ccc(NC(=O)CCl)cc2)C(=O)N1. The van der Waals surface area contributed by atoms with Crippen molar-refractivity contribution >= 4 is 35.0 Å². The first-order chi connectivity index (χ1) is 9.10. The second kappa shape index (κ2) is 5.84. The molecule has 1 aliphatic rings. The topological polar surface area (TPSA) is 75.3 Å². The molecule has 0 radical (unpaired) electrons. The molecule has 1 fully saturated rings. The number of piperidine rings is 1. The van der Waals surface area contributed by atoms with Gasteiger partial charge in [0.1, 0.15) is 5.88 Å². The van der Waals surface area contributed by atoms with E-state index in [9.17, 15) is 14.4 Å². The van der Waals surface area contributed by atoms with E-state index in [0.717, 1.165) is 5.56 Å². The first-order valence-corrected chi connectivity index (χ1v) is 6.43. The van der Waals surface area contributed by atoms with E-state index in [2.05, 4.69) is 10.6 Å². The lowest BCUT2D eigenvalue weighted by atomic mass is 9.90. The summed E-state index contributed by atoms with van der Waals surface area (Å²) in [6.07, 6.45) is 0.860. The maximum atomic E-state index is 11.7. The van der Waals surface area contributed by atoms with Crippen LogP contribution in [-0.4, -0.2) is 23.6 Å². The van der Waals surface area contributed by atoms with Crippen LogP contribution in [0.5, 0.6) is 0 Å². The van der Waals surface area contributed by atoms with Crippen LogP contribution in [0.15, 0.2) is 24.3 Å². The minimum absolute atomic E-state index is 0.102. The number of anilines is 1. The zero-order valence-corrected chi connectivity index (χ0v) is 10.9. The van der Waals surface area contributed by atoms with Gasteiger partial charge in [0.2, 0.25) is 17.7 Å². The van der Waals surface area contributed by atoms with Crippen LogP contribution in [-0.2, 0) is 14.4 Å². The predicted molar refractivity (Wildman–Crippen MR) is 70.9 cm³/mol. The molecule has 0 bridgehead atoms. The average Bonchev–Trinajstić information content (AvgIpc) is 2.40. The summed E-state index contributed by atoms with van der Waals surface area (Å²) in [4.78, 5) is 33.9. The van der Waals surface area contributed by atoms with Crippen molar-refractivity contribution in [2.75, 3.05) is 11.2 Å². The van der Waals surface area contributed by atoms with Crippen LogP contribution >= 0.6 is 11.6 Å². The lowest BCUT2D eigenvalue weighted by Gasteiger charge is -2.21. The van der Waals surface area contributed by atoms with Crippen LogP contribution in [0.1, 0.15) is 24.3 Å². The van der Waals surface area contributed by atoms with Crippen LogP contribution in [0.4, 0.5) is 5.69 Å². The molecule has 100 valence electrons. The van der Waals surface area contributed by atoms with Gasteiger partial charge in [-0.25, -0.2) is 0 Å². The van der Waals surface area contributed by atoms with Gasteiger partial charge in [0.15, 0.2) is 0 Å². The molecule has 1 aliphatic heterocycles. The predicted octanol–water partition coefficient (Wildman–Crippen LogP) is 1.38. The average molecular weight is 281 g/mol. The van der Waals surface area contributed by atoms with Gasteiger partial charge in [-0.2, -0.15) is 0 Å². The molecule has 19 heavy (non-hydrogen) atoms. The van der Waals surface area contributed by atoms with Crippen molar-refractivity contribution in [2.24, 2.45) is 0 Å². The van der Waals surface area contributed by atoms with Crippen molar-refractivity contribution in [2.45, 2.75) is 18.8 Å². The molecule has 5 nitrogen and oxygen atoms in total. The van der Waals surface area contributed by atoms with E-state index < -0.39 is 0 Å². The number of nitrogens with one attached hydrogen (secondary N) is 2. The van der Waals surface area contributed by atoms with Crippen molar-refractivity contribution in [3.8, 4) is 0 Å². The van der Waals surface area contributed by atoms with E-state index in [1.54, 1.807) is 24.3 Å². The first-order valence-electron chi connectivity index (χ1n) is 5.89. The second-order valence-corrected chi connectivity index (χ2v) is 4.57. The molecule has 1 saturated heterocycles. The number of alkyl halides is 1. The third-order valence-corrected chi connectivity index (χ3v) is 3.20. The van der Waals surface area contributed by atoms with Gasteiger partial charge in [-0.15, -0.1) is 11.6 Å². The summed E-state index contributed by atoms with van der Waals surface area (Å²) < 4.78 is 0. The van der Waals surface area contributed by atoms with Crippen LogP contribution in [0.25, 0.3) is 0 Å². The maximum absolute atomic E-state index is 11.7. The summed E-state index contributed by atoms with van der Waals surface area (Å²) in [6.45, 7) is 0. The van der Waals surface area contributed by atoms with E-state index in [0.29, 0.717) is 18.5 Å². The summed E-state index contributed by atoms with van der Waals surface area (Å²) in [6, 6.07) is 6.96. The highest BCUT2D eigenvalue weighted by atomic mass is 35.5. The fourth-order valence-corrected chi connectivity index (χ4v) is 2.07. The van der Waals surface area contributed by atoms with Crippen LogP contribution in [0, 0.1) is 0 Å². The molecule has 1 aromatic carbocycles. The van der Waals surface area contributed by atoms with Gasteiger partial charge in [-0.1, -0.05) is 12.1 Å². The van der Waals surface area contributed by atoms with Gasteiger partial charge < -0.3 is 5.32 Å². The Morgan fingerprint density at radius 1 is 1.32 bits per heavy atom. The monoisotopic (exact) mass is 280 g/mol. The first kappa shape index (κ1) is 13.5. The normalized spacial score (nSPS) is 18.9. The molecule has 1 heterocycles. The van der Waals surface area contributed by atoms with E-state index in [4.69, 9.17) is 11.6 Å². The van der Waals surface area contributed by atoms with Gasteiger partial charge in [0, 0.05) is 12.1 Å². The van der Waals surface area contributed by atoms with Gasteiger partial charge in [-0.05, 0) is 24.1 Å². The van der Waals surface area contributed by atoms with Crippen molar-refractivity contribution < 1.29 is 14.4 Å². The zero-order valence-electron chi connectivity index (χ0n) is 10.1. The molecular formula is C13H13ClN2O3. The Morgan fingerprint density at radius 3 is 2.58 bits per heavy atom. The third-order valence-electron chi connectivity index (χ3n) is 2.96. The van der Waals surface area contributed by atoms with Gasteiger partial charge in [0.25, 0.3) is 0 Å². The van der Waals surface area contributed by atoms with E-state index >= 15 is 0 Å². The Balaban J connectivity index is 2.08. The van der Waals surface area contributed by atoms with Gasteiger partial charge >= 0.3 is 0 Å². The highest BCUT2D eigenvalue weighted by Crippen LogP contribution is 2.25. The van der Waals surface area contributed by atoms with Crippen LogP contribution in [0.3, 0.4) is 0 Å². The molecule has 0 aliphatic carbocycles. The zero-order chi connectivity index (χ0) is 13.8. The Morgan fingerprint density at radius 2 is 2.00 bits per heavy atom. The molecule has 1 aromatic rings. The van der Waals surface area contributed by atoms with E-state index in [1.165, 1.54) is 0 Å². The number of carbonyl (C=O) groups excluding carboxylic acids is 3. The number of halogens is 1. The molecule has 2 N–H and O–H groups in total. The third kappa shape index (κ3) is 3.32. The minimum Gasteiger partial charge on any atom is -0.325 e. The lowest BCUT2D eigenvalue weighted by molar-refractivity contribution is -0.134. The van der Waals surface area contributed by atoms with Gasteiger partial charge in [0.05, 0.1) is 5.92 Å². The summed E-state index contributed by atoms with van der Waals surface area (Å²) in [7, 11) is 0. The van der Waals surface area contributed by atoms with Crippen molar-refractivity contribution in [1.82, 2.24) is 5.32 Å². The highest BCUT2D eigenvalue weighted by molar-refractivity contribution is 6.29. The van der Waals surface area contributed by atoms with E-state index in [-0.39, 0.29) is 29.5 Å². The Bertz CT molecular complexity index is 513. The summed E-state index contributed by atoms with van der Waals surface area (Å²) in [5, 5.41) is 4.93. The number of carbonyl (C=O) groups is 3. The summed E-state index contributed by atoms with van der Waals surface area (Å²) in [5.74, 6) is -1.19. The number of rotatable bonds is 3. The van der Waals surface area contributed by atoms with Crippen molar-refractivity contribution in [1.29, 1.82) is 0 Å². The van der Waals surface area contributed by atoms with Crippen LogP contribution in [0.2, 0.25) is 0 Å².